The molecule has 0 bridgehead atoms. The highest BCUT2D eigenvalue weighted by molar-refractivity contribution is 5.94. The third kappa shape index (κ3) is 5.06. The first-order chi connectivity index (χ1) is 14.9. The molecule has 0 saturated carbocycles. The van der Waals surface area contributed by atoms with Crippen molar-refractivity contribution in [1.82, 2.24) is 10.3 Å². The summed E-state index contributed by atoms with van der Waals surface area (Å²) in [6, 6.07) is 13.7. The molecule has 1 amide bonds. The Balaban J connectivity index is 1.34. The van der Waals surface area contributed by atoms with E-state index in [2.05, 4.69) is 10.3 Å². The Morgan fingerprint density at radius 2 is 1.74 bits per heavy atom. The number of rotatable bonds is 5. The number of amides is 1. The van der Waals surface area contributed by atoms with Gasteiger partial charge in [-0.15, -0.1) is 0 Å². The molecule has 6 nitrogen and oxygen atoms in total. The maximum atomic E-state index is 12.6. The van der Waals surface area contributed by atoms with Gasteiger partial charge in [0, 0.05) is 24.4 Å². The monoisotopic (exact) mass is 430 g/mol. The van der Waals surface area contributed by atoms with Gasteiger partial charge in [-0.05, 0) is 48.0 Å². The SMILES string of the molecule is O=C(NCc1ccc2c(c1)OCCO2)c1ccc(Oc2ccc(C(F)(F)F)cn2)cc1. The van der Waals surface area contributed by atoms with Gasteiger partial charge >= 0.3 is 6.18 Å². The fraction of sp³-hybridized carbons (Fsp3) is 0.182. The molecule has 2 aromatic carbocycles. The van der Waals surface area contributed by atoms with Gasteiger partial charge in [-0.3, -0.25) is 4.79 Å². The lowest BCUT2D eigenvalue weighted by molar-refractivity contribution is -0.137. The Labute approximate surface area is 175 Å². The van der Waals surface area contributed by atoms with Gasteiger partial charge in [0.2, 0.25) is 5.88 Å². The van der Waals surface area contributed by atoms with Crippen molar-refractivity contribution in [2.45, 2.75) is 12.7 Å². The van der Waals surface area contributed by atoms with Gasteiger partial charge < -0.3 is 19.5 Å². The first-order valence-electron chi connectivity index (χ1n) is 9.36. The minimum absolute atomic E-state index is 0.0174. The topological polar surface area (TPSA) is 69.7 Å². The van der Waals surface area contributed by atoms with Crippen LogP contribution < -0.4 is 19.5 Å². The summed E-state index contributed by atoms with van der Waals surface area (Å²) in [5.41, 5.74) is 0.418. The van der Waals surface area contributed by atoms with E-state index < -0.39 is 11.7 Å². The normalized spacial score (nSPS) is 12.9. The molecule has 1 aliphatic heterocycles. The molecule has 0 radical (unpaired) electrons. The van der Waals surface area contributed by atoms with Crippen LogP contribution in [0.4, 0.5) is 13.2 Å². The average Bonchev–Trinajstić information content (AvgIpc) is 2.77. The highest BCUT2D eigenvalue weighted by atomic mass is 19.4. The van der Waals surface area contributed by atoms with Crippen molar-refractivity contribution in [2.24, 2.45) is 0 Å². The van der Waals surface area contributed by atoms with Gasteiger partial charge in [-0.25, -0.2) is 4.98 Å². The first kappa shape index (κ1) is 20.5. The Bertz CT molecular complexity index is 1070. The lowest BCUT2D eigenvalue weighted by Gasteiger charge is -2.19. The highest BCUT2D eigenvalue weighted by Crippen LogP contribution is 2.31. The molecule has 0 unspecified atom stereocenters. The second-order valence-corrected chi connectivity index (χ2v) is 6.67. The van der Waals surface area contributed by atoms with Gasteiger partial charge in [0.05, 0.1) is 5.56 Å². The summed E-state index contributed by atoms with van der Waals surface area (Å²) in [6.45, 7) is 1.31. The van der Waals surface area contributed by atoms with E-state index in [9.17, 15) is 18.0 Å². The fourth-order valence-corrected chi connectivity index (χ4v) is 2.89. The minimum Gasteiger partial charge on any atom is -0.486 e. The fourth-order valence-electron chi connectivity index (χ4n) is 2.89. The molecule has 0 saturated heterocycles. The number of benzene rings is 2. The number of hydrogen-bond donors (Lipinski definition) is 1. The molecule has 1 aliphatic rings. The summed E-state index contributed by atoms with van der Waals surface area (Å²) in [6.07, 6.45) is -3.75. The second kappa shape index (κ2) is 8.55. The number of fused-ring (bicyclic) bond motifs is 1. The molecule has 2 heterocycles. The molecule has 1 aromatic heterocycles. The van der Waals surface area contributed by atoms with Gasteiger partial charge in [-0.2, -0.15) is 13.2 Å². The Kier molecular flexibility index (Phi) is 5.66. The van der Waals surface area contributed by atoms with E-state index in [-0.39, 0.29) is 11.8 Å². The van der Waals surface area contributed by atoms with Crippen molar-refractivity contribution >= 4 is 5.91 Å². The molecular formula is C22H17F3N2O4. The van der Waals surface area contributed by atoms with Crippen molar-refractivity contribution in [1.29, 1.82) is 0 Å². The van der Waals surface area contributed by atoms with E-state index in [1.165, 1.54) is 0 Å². The molecule has 0 atom stereocenters. The molecular weight excluding hydrogens is 413 g/mol. The van der Waals surface area contributed by atoms with Crippen LogP contribution in [0.1, 0.15) is 21.5 Å². The zero-order valence-corrected chi connectivity index (χ0v) is 16.1. The molecule has 0 fully saturated rings. The predicted molar refractivity (Wildman–Crippen MR) is 104 cm³/mol. The molecule has 9 heteroatoms. The zero-order valence-electron chi connectivity index (χ0n) is 16.1. The van der Waals surface area contributed by atoms with E-state index >= 15 is 0 Å². The third-order valence-corrected chi connectivity index (χ3v) is 4.46. The smallest absolute Gasteiger partial charge is 0.417 e. The van der Waals surface area contributed by atoms with Gasteiger partial charge in [0.1, 0.15) is 19.0 Å². The van der Waals surface area contributed by atoms with Crippen LogP contribution in [-0.2, 0) is 12.7 Å². The quantitative estimate of drug-likeness (QED) is 0.641. The number of carbonyl (C=O) groups is 1. The second-order valence-electron chi connectivity index (χ2n) is 6.67. The number of pyridine rings is 1. The van der Waals surface area contributed by atoms with Gasteiger partial charge in [-0.1, -0.05) is 6.07 Å². The molecule has 0 aliphatic carbocycles. The first-order valence-corrected chi connectivity index (χ1v) is 9.36. The van der Waals surface area contributed by atoms with E-state index in [0.29, 0.717) is 48.8 Å². The number of halogens is 3. The average molecular weight is 430 g/mol. The number of nitrogens with one attached hydrogen (secondary N) is 1. The van der Waals surface area contributed by atoms with Crippen LogP contribution in [0.15, 0.2) is 60.8 Å². The van der Waals surface area contributed by atoms with Crippen LogP contribution in [-0.4, -0.2) is 24.1 Å². The largest absolute Gasteiger partial charge is 0.486 e. The Hall–Kier alpha value is -3.75. The molecule has 31 heavy (non-hydrogen) atoms. The molecule has 160 valence electrons. The molecule has 1 N–H and O–H groups in total. The zero-order chi connectivity index (χ0) is 21.8. The summed E-state index contributed by atoms with van der Waals surface area (Å²) in [7, 11) is 0. The number of nitrogens with zero attached hydrogens (tertiary/aromatic N) is 1. The Morgan fingerprint density at radius 3 is 2.42 bits per heavy atom. The third-order valence-electron chi connectivity index (χ3n) is 4.46. The summed E-state index contributed by atoms with van der Waals surface area (Å²) in [4.78, 5) is 16.0. The maximum absolute atomic E-state index is 12.6. The lowest BCUT2D eigenvalue weighted by Crippen LogP contribution is -2.23. The highest BCUT2D eigenvalue weighted by Gasteiger charge is 2.30. The molecule has 4 rings (SSSR count). The van der Waals surface area contributed by atoms with E-state index in [1.807, 2.05) is 12.1 Å². The van der Waals surface area contributed by atoms with E-state index in [1.54, 1.807) is 30.3 Å². The van der Waals surface area contributed by atoms with Crippen molar-refractivity contribution in [2.75, 3.05) is 13.2 Å². The summed E-state index contributed by atoms with van der Waals surface area (Å²) in [5, 5.41) is 2.82. The van der Waals surface area contributed by atoms with Gasteiger partial charge in [0.15, 0.2) is 11.5 Å². The molecule has 3 aromatic rings. The van der Waals surface area contributed by atoms with Crippen molar-refractivity contribution in [3.05, 3.63) is 77.5 Å². The summed E-state index contributed by atoms with van der Waals surface area (Å²) in [5.74, 6) is 1.41. The minimum atomic E-state index is -4.46. The lowest BCUT2D eigenvalue weighted by atomic mass is 10.1. The van der Waals surface area contributed by atoms with Crippen molar-refractivity contribution < 1.29 is 32.2 Å². The molecule has 0 spiro atoms. The predicted octanol–water partition coefficient (Wildman–Crippen LogP) is 4.59. The van der Waals surface area contributed by atoms with Crippen LogP contribution in [0.25, 0.3) is 0 Å². The van der Waals surface area contributed by atoms with E-state index in [4.69, 9.17) is 14.2 Å². The summed E-state index contributed by atoms with van der Waals surface area (Å²) < 4.78 is 54.2. The number of hydrogen-bond acceptors (Lipinski definition) is 5. The van der Waals surface area contributed by atoms with Crippen LogP contribution >= 0.6 is 0 Å². The number of ether oxygens (including phenoxy) is 3. The van der Waals surface area contributed by atoms with Gasteiger partial charge in [0.25, 0.3) is 5.91 Å². The standard InChI is InChI=1S/C22H17F3N2O4/c23-22(24,25)16-4-8-20(26-13-16)31-17-5-2-15(3-6-17)21(28)27-12-14-1-7-18-19(11-14)30-10-9-29-18/h1-8,11,13H,9-10,12H2,(H,27,28). The number of alkyl halides is 3. The van der Waals surface area contributed by atoms with Crippen molar-refractivity contribution in [3.8, 4) is 23.1 Å². The maximum Gasteiger partial charge on any atom is 0.417 e. The summed E-state index contributed by atoms with van der Waals surface area (Å²) >= 11 is 0. The van der Waals surface area contributed by atoms with E-state index in [0.717, 1.165) is 17.7 Å². The van der Waals surface area contributed by atoms with Crippen molar-refractivity contribution in [3.63, 3.8) is 0 Å². The Morgan fingerprint density at radius 1 is 1.00 bits per heavy atom. The van der Waals surface area contributed by atoms with Crippen LogP contribution in [0, 0.1) is 0 Å². The number of carbonyl (C=O) groups excluding carboxylic acids is 1. The van der Waals surface area contributed by atoms with Crippen LogP contribution in [0.3, 0.4) is 0 Å². The number of aromatic nitrogens is 1. The van der Waals surface area contributed by atoms with Crippen LogP contribution in [0.5, 0.6) is 23.1 Å². The van der Waals surface area contributed by atoms with Crippen LogP contribution in [0.2, 0.25) is 0 Å².